The molecule has 1 aromatic carbocycles. The van der Waals surface area contributed by atoms with Gasteiger partial charge in [0.1, 0.15) is 6.04 Å². The van der Waals surface area contributed by atoms with Gasteiger partial charge in [0.2, 0.25) is 0 Å². The van der Waals surface area contributed by atoms with Gasteiger partial charge in [-0.25, -0.2) is 4.79 Å². The van der Waals surface area contributed by atoms with Crippen LogP contribution in [-0.4, -0.2) is 36.2 Å². The van der Waals surface area contributed by atoms with Crippen molar-refractivity contribution in [3.05, 3.63) is 35.4 Å². The normalized spacial score (nSPS) is 13.8. The number of carbonyl (C=O) groups is 2. The molecule has 26 heavy (non-hydrogen) atoms. The molecule has 0 aromatic heterocycles. The molecule has 0 aliphatic carbocycles. The zero-order chi connectivity index (χ0) is 19.7. The quantitative estimate of drug-likeness (QED) is 0.564. The maximum absolute atomic E-state index is 12.5. The van der Waals surface area contributed by atoms with Gasteiger partial charge in [-0.05, 0) is 37.5 Å². The molecule has 0 bridgehead atoms. The summed E-state index contributed by atoms with van der Waals surface area (Å²) in [6.07, 6.45) is 0.752. The Morgan fingerprint density at radius 1 is 1.12 bits per heavy atom. The largest absolute Gasteiger partial charge is 0.480 e. The Bertz CT molecular complexity index is 636. The molecule has 0 fully saturated rings. The fraction of sp³-hybridized carbons (Fsp3) is 0.556. The van der Waals surface area contributed by atoms with Crippen LogP contribution in [0.2, 0.25) is 0 Å². The molecule has 0 saturated carbocycles. The van der Waals surface area contributed by atoms with Crippen LogP contribution in [0.1, 0.15) is 50.0 Å². The molecule has 1 aromatic rings. The van der Waals surface area contributed by atoms with E-state index in [2.05, 4.69) is 5.32 Å². The average Bonchev–Trinajstić information content (AvgIpc) is 2.59. The van der Waals surface area contributed by atoms with E-state index in [9.17, 15) is 19.3 Å². The first-order valence-corrected chi connectivity index (χ1v) is 10.5. The first-order chi connectivity index (χ1) is 12.3. The summed E-state index contributed by atoms with van der Waals surface area (Å²) in [7, 11) is -3.21. The molecule has 1 amide bonds. The van der Waals surface area contributed by atoms with Crippen LogP contribution in [0.5, 0.6) is 0 Å². The highest BCUT2D eigenvalue weighted by Crippen LogP contribution is 2.51. The Morgan fingerprint density at radius 2 is 1.65 bits per heavy atom. The monoisotopic (exact) mass is 385 g/mol. The second-order valence-corrected chi connectivity index (χ2v) is 8.03. The van der Waals surface area contributed by atoms with Crippen LogP contribution in [0, 0.1) is 5.92 Å². The summed E-state index contributed by atoms with van der Waals surface area (Å²) in [5, 5.41) is 11.8. The summed E-state index contributed by atoms with van der Waals surface area (Å²) in [5.41, 5.74) is 1.05. The zero-order valence-electron chi connectivity index (χ0n) is 15.7. The molecule has 0 spiro atoms. The third-order valence-electron chi connectivity index (χ3n) is 4.01. The Kier molecular flexibility index (Phi) is 8.99. The van der Waals surface area contributed by atoms with Crippen molar-refractivity contribution < 1.29 is 28.3 Å². The van der Waals surface area contributed by atoms with Crippen molar-refractivity contribution in [2.45, 2.75) is 46.3 Å². The Labute approximate surface area is 154 Å². The van der Waals surface area contributed by atoms with Crippen LogP contribution in [-0.2, 0) is 24.6 Å². The van der Waals surface area contributed by atoms with Gasteiger partial charge in [-0.3, -0.25) is 9.36 Å². The van der Waals surface area contributed by atoms with E-state index in [1.54, 1.807) is 45.0 Å². The number of carboxylic acids is 1. The minimum absolute atomic E-state index is 0.112. The number of aliphatic carboxylic acids is 1. The Hall–Kier alpha value is -1.69. The van der Waals surface area contributed by atoms with E-state index in [1.807, 2.05) is 6.92 Å². The number of benzene rings is 1. The van der Waals surface area contributed by atoms with Gasteiger partial charge in [0.05, 0.1) is 19.4 Å². The van der Waals surface area contributed by atoms with E-state index in [4.69, 9.17) is 9.05 Å². The zero-order valence-corrected chi connectivity index (χ0v) is 16.6. The molecule has 2 atom stereocenters. The van der Waals surface area contributed by atoms with Crippen molar-refractivity contribution in [1.29, 1.82) is 0 Å². The predicted molar refractivity (Wildman–Crippen MR) is 99.3 cm³/mol. The third kappa shape index (κ3) is 6.56. The number of carbonyl (C=O) groups excluding carboxylic acids is 1. The van der Waals surface area contributed by atoms with Crippen molar-refractivity contribution in [1.82, 2.24) is 5.32 Å². The van der Waals surface area contributed by atoms with E-state index in [0.717, 1.165) is 0 Å². The highest BCUT2D eigenvalue weighted by molar-refractivity contribution is 7.53. The van der Waals surface area contributed by atoms with E-state index in [1.165, 1.54) is 0 Å². The number of hydrogen-bond acceptors (Lipinski definition) is 5. The minimum atomic E-state index is -3.21. The topological polar surface area (TPSA) is 102 Å². The van der Waals surface area contributed by atoms with Crippen molar-refractivity contribution in [2.24, 2.45) is 5.92 Å². The SMILES string of the molecule is CCOP(=O)(Cc1ccc(C(=O)N[C@@H](C(=O)O)[C@H](C)CC)cc1)OCC. The van der Waals surface area contributed by atoms with Crippen LogP contribution < -0.4 is 5.32 Å². The minimum Gasteiger partial charge on any atom is -0.480 e. The molecule has 7 nitrogen and oxygen atoms in total. The molecule has 2 N–H and O–H groups in total. The molecule has 0 saturated heterocycles. The van der Waals surface area contributed by atoms with E-state index in [0.29, 0.717) is 17.5 Å². The second kappa shape index (κ2) is 10.5. The molecule has 0 radical (unpaired) electrons. The highest BCUT2D eigenvalue weighted by Gasteiger charge is 2.26. The van der Waals surface area contributed by atoms with Crippen LogP contribution >= 0.6 is 7.60 Å². The lowest BCUT2D eigenvalue weighted by Crippen LogP contribution is -2.45. The lowest BCUT2D eigenvalue weighted by Gasteiger charge is -2.20. The second-order valence-electron chi connectivity index (χ2n) is 5.98. The smallest absolute Gasteiger partial charge is 0.335 e. The number of amides is 1. The maximum atomic E-state index is 12.5. The van der Waals surface area contributed by atoms with Crippen molar-refractivity contribution in [3.63, 3.8) is 0 Å². The van der Waals surface area contributed by atoms with Gasteiger partial charge in [0.15, 0.2) is 0 Å². The van der Waals surface area contributed by atoms with Crippen LogP contribution in [0.4, 0.5) is 0 Å². The van der Waals surface area contributed by atoms with Gasteiger partial charge in [0, 0.05) is 5.56 Å². The Balaban J connectivity index is 2.84. The number of nitrogens with one attached hydrogen (secondary N) is 1. The molecule has 0 aliphatic rings. The fourth-order valence-electron chi connectivity index (χ4n) is 2.41. The number of rotatable bonds is 11. The van der Waals surface area contributed by atoms with Crippen LogP contribution in [0.25, 0.3) is 0 Å². The van der Waals surface area contributed by atoms with E-state index >= 15 is 0 Å². The molecule has 0 unspecified atom stereocenters. The first-order valence-electron chi connectivity index (χ1n) is 8.77. The number of hydrogen-bond donors (Lipinski definition) is 2. The molecular weight excluding hydrogens is 357 g/mol. The van der Waals surface area contributed by atoms with Gasteiger partial charge in [-0.15, -0.1) is 0 Å². The fourth-order valence-corrected chi connectivity index (χ4v) is 4.12. The summed E-state index contributed by atoms with van der Waals surface area (Å²) in [6, 6.07) is 5.53. The molecule has 8 heteroatoms. The number of carboxylic acid groups (broad SMARTS) is 1. The first kappa shape index (κ1) is 22.4. The van der Waals surface area contributed by atoms with Crippen molar-refractivity contribution >= 4 is 19.5 Å². The summed E-state index contributed by atoms with van der Waals surface area (Å²) in [6.45, 7) is 7.70. The Morgan fingerprint density at radius 3 is 2.08 bits per heavy atom. The van der Waals surface area contributed by atoms with Gasteiger partial charge in [-0.2, -0.15) is 0 Å². The van der Waals surface area contributed by atoms with Gasteiger partial charge in [-0.1, -0.05) is 32.4 Å². The molecule has 1 rings (SSSR count). The van der Waals surface area contributed by atoms with Crippen molar-refractivity contribution in [2.75, 3.05) is 13.2 Å². The summed E-state index contributed by atoms with van der Waals surface area (Å²) in [5.74, 6) is -1.69. The van der Waals surface area contributed by atoms with Crippen molar-refractivity contribution in [3.8, 4) is 0 Å². The lowest BCUT2D eigenvalue weighted by molar-refractivity contribution is -0.140. The highest BCUT2D eigenvalue weighted by atomic mass is 31.2. The molecule has 0 aliphatic heterocycles. The summed E-state index contributed by atoms with van der Waals surface area (Å²) >= 11 is 0. The third-order valence-corrected chi connectivity index (χ3v) is 6.07. The molecular formula is C18H28NO6P. The summed E-state index contributed by atoms with van der Waals surface area (Å²) < 4.78 is 23.1. The summed E-state index contributed by atoms with van der Waals surface area (Å²) in [4.78, 5) is 23.6. The van der Waals surface area contributed by atoms with Gasteiger partial charge >= 0.3 is 13.6 Å². The van der Waals surface area contributed by atoms with E-state index < -0.39 is 25.5 Å². The predicted octanol–water partition coefficient (Wildman–Crippen LogP) is 3.68. The van der Waals surface area contributed by atoms with Gasteiger partial charge in [0.25, 0.3) is 5.91 Å². The standard InChI is InChI=1S/C18H28NO6P/c1-5-13(4)16(18(21)22)19-17(20)15-10-8-14(9-11-15)12-26(23,24-6-2)25-7-3/h8-11,13,16H,5-7,12H2,1-4H3,(H,19,20)(H,21,22)/t13-,16-/m1/s1. The molecule has 0 heterocycles. The lowest BCUT2D eigenvalue weighted by atomic mass is 9.99. The van der Waals surface area contributed by atoms with Crippen LogP contribution in [0.15, 0.2) is 24.3 Å². The van der Waals surface area contributed by atoms with E-state index in [-0.39, 0.29) is 25.3 Å². The maximum Gasteiger partial charge on any atom is 0.335 e. The average molecular weight is 385 g/mol. The van der Waals surface area contributed by atoms with Crippen LogP contribution in [0.3, 0.4) is 0 Å². The van der Waals surface area contributed by atoms with Gasteiger partial charge < -0.3 is 19.5 Å². The molecule has 146 valence electrons.